The van der Waals surface area contributed by atoms with Gasteiger partial charge in [0.1, 0.15) is 11.6 Å². The highest BCUT2D eigenvalue weighted by Crippen LogP contribution is 2.32. The minimum atomic E-state index is -0.976. The molecule has 1 aromatic carbocycles. The molecular weight excluding hydrogens is 540 g/mol. The van der Waals surface area contributed by atoms with Crippen molar-refractivity contribution in [3.05, 3.63) is 29.3 Å². The van der Waals surface area contributed by atoms with Crippen LogP contribution in [0.25, 0.3) is 0 Å². The van der Waals surface area contributed by atoms with Gasteiger partial charge in [-0.05, 0) is 65.0 Å². The number of nitrogens with one attached hydrogen (secondary N) is 3. The summed E-state index contributed by atoms with van der Waals surface area (Å²) >= 11 is 0. The number of hydrogen-bond donors (Lipinski definition) is 3. The van der Waals surface area contributed by atoms with Gasteiger partial charge in [-0.15, -0.1) is 0 Å². The van der Waals surface area contributed by atoms with Crippen LogP contribution in [0.1, 0.15) is 80.0 Å². The molecule has 0 aromatic heterocycles. The molecule has 2 saturated heterocycles. The van der Waals surface area contributed by atoms with Crippen LogP contribution >= 0.6 is 0 Å². The lowest BCUT2D eigenvalue weighted by atomic mass is 9.90. The lowest BCUT2D eigenvalue weighted by Gasteiger charge is -2.42. The van der Waals surface area contributed by atoms with E-state index in [1.807, 2.05) is 20.8 Å². The monoisotopic (exact) mass is 582 g/mol. The second-order valence-corrected chi connectivity index (χ2v) is 12.6. The molecule has 0 spiro atoms. The number of amides is 5. The molecule has 1 aliphatic carbocycles. The van der Waals surface area contributed by atoms with Gasteiger partial charge in [-0.2, -0.15) is 0 Å². The van der Waals surface area contributed by atoms with Crippen LogP contribution in [-0.4, -0.2) is 107 Å². The number of benzene rings is 1. The number of piperazine rings is 1. The molecule has 5 rings (SSSR count). The highest BCUT2D eigenvalue weighted by Gasteiger charge is 2.45. The molecule has 42 heavy (non-hydrogen) atoms. The van der Waals surface area contributed by atoms with Crippen LogP contribution in [-0.2, 0) is 14.3 Å². The van der Waals surface area contributed by atoms with Gasteiger partial charge in [0.2, 0.25) is 11.8 Å². The molecule has 0 bridgehead atoms. The summed E-state index contributed by atoms with van der Waals surface area (Å²) in [5.41, 5.74) is 0.650. The first kappa shape index (κ1) is 30.0. The van der Waals surface area contributed by atoms with Gasteiger partial charge in [0.25, 0.3) is 11.8 Å². The summed E-state index contributed by atoms with van der Waals surface area (Å²) in [5.74, 6) is -2.01. The van der Waals surface area contributed by atoms with Crippen molar-refractivity contribution in [1.29, 1.82) is 0 Å². The summed E-state index contributed by atoms with van der Waals surface area (Å²) in [6.45, 7) is 10.9. The van der Waals surface area contributed by atoms with E-state index in [0.29, 0.717) is 18.3 Å². The van der Waals surface area contributed by atoms with E-state index in [1.165, 1.54) is 0 Å². The number of fused-ring (bicyclic) bond motifs is 1. The third-order valence-corrected chi connectivity index (χ3v) is 8.55. The van der Waals surface area contributed by atoms with Gasteiger partial charge in [-0.3, -0.25) is 39.2 Å². The van der Waals surface area contributed by atoms with E-state index in [4.69, 9.17) is 4.74 Å². The van der Waals surface area contributed by atoms with Crippen molar-refractivity contribution >= 4 is 35.4 Å². The van der Waals surface area contributed by atoms with Crippen molar-refractivity contribution in [3.8, 4) is 0 Å². The molecular formula is C30H42N6O6. The molecule has 1 saturated carbocycles. The Morgan fingerprint density at radius 3 is 2.36 bits per heavy atom. The van der Waals surface area contributed by atoms with E-state index < -0.39 is 35.3 Å². The number of nitrogens with zero attached hydrogens (tertiary/aromatic N) is 3. The molecule has 3 aliphatic heterocycles. The average Bonchev–Trinajstić information content (AvgIpc) is 3.19. The van der Waals surface area contributed by atoms with Crippen LogP contribution in [0.2, 0.25) is 0 Å². The Hall–Kier alpha value is -3.51. The number of imide groups is 2. The molecule has 3 N–H and O–H groups in total. The van der Waals surface area contributed by atoms with E-state index in [-0.39, 0.29) is 36.1 Å². The van der Waals surface area contributed by atoms with Gasteiger partial charge in [0, 0.05) is 63.5 Å². The van der Waals surface area contributed by atoms with Crippen LogP contribution in [0.15, 0.2) is 18.2 Å². The Balaban J connectivity index is 1.06. The minimum Gasteiger partial charge on any atom is -0.444 e. The number of ether oxygens (including phenoxy) is 1. The Bertz CT molecular complexity index is 1230. The van der Waals surface area contributed by atoms with Crippen LogP contribution in [0.5, 0.6) is 0 Å². The lowest BCUT2D eigenvalue weighted by Crippen LogP contribution is -2.54. The Labute approximate surface area is 246 Å². The van der Waals surface area contributed by atoms with Crippen molar-refractivity contribution in [3.63, 3.8) is 0 Å². The number of rotatable bonds is 7. The van der Waals surface area contributed by atoms with Crippen molar-refractivity contribution < 1.29 is 28.7 Å². The first-order chi connectivity index (χ1) is 20.0. The van der Waals surface area contributed by atoms with E-state index >= 15 is 0 Å². The molecule has 4 aliphatic rings. The highest BCUT2D eigenvalue weighted by molar-refractivity contribution is 6.25. The zero-order chi connectivity index (χ0) is 30.0. The smallest absolute Gasteiger partial charge is 0.407 e. The Morgan fingerprint density at radius 1 is 0.976 bits per heavy atom. The van der Waals surface area contributed by atoms with Gasteiger partial charge in [0.05, 0.1) is 11.1 Å². The predicted molar refractivity (Wildman–Crippen MR) is 155 cm³/mol. The summed E-state index contributed by atoms with van der Waals surface area (Å²) in [7, 11) is 0. The maximum absolute atomic E-state index is 13.3. The number of alkyl carbamates (subject to hydrolysis) is 1. The second-order valence-electron chi connectivity index (χ2n) is 12.6. The van der Waals surface area contributed by atoms with Crippen molar-refractivity contribution in [1.82, 2.24) is 25.3 Å². The molecule has 5 amide bonds. The Morgan fingerprint density at radius 2 is 1.69 bits per heavy atom. The SMILES string of the molecule is CC(C)(C)OC(=O)NC1CCC(N2CCN(CCNc3cccc4c3C(=O)N(C3CCC(=O)NC3=O)C4=O)CC2)CC1. The fourth-order valence-corrected chi connectivity index (χ4v) is 6.42. The largest absolute Gasteiger partial charge is 0.444 e. The molecule has 0 radical (unpaired) electrons. The number of hydrogen-bond acceptors (Lipinski definition) is 9. The van der Waals surface area contributed by atoms with E-state index in [2.05, 4.69) is 25.8 Å². The molecule has 1 unspecified atom stereocenters. The predicted octanol–water partition coefficient (Wildman–Crippen LogP) is 1.95. The molecule has 12 heteroatoms. The summed E-state index contributed by atoms with van der Waals surface area (Å²) in [6.07, 6.45) is 3.92. The summed E-state index contributed by atoms with van der Waals surface area (Å²) < 4.78 is 5.39. The van der Waals surface area contributed by atoms with E-state index in [9.17, 15) is 24.0 Å². The summed E-state index contributed by atoms with van der Waals surface area (Å²) in [4.78, 5) is 68.3. The van der Waals surface area contributed by atoms with Gasteiger partial charge in [-0.25, -0.2) is 4.79 Å². The van der Waals surface area contributed by atoms with Gasteiger partial charge in [-0.1, -0.05) is 6.07 Å². The maximum Gasteiger partial charge on any atom is 0.407 e. The van der Waals surface area contributed by atoms with Crippen molar-refractivity contribution in [2.75, 3.05) is 44.6 Å². The second kappa shape index (κ2) is 12.4. The number of carbonyl (C=O) groups excluding carboxylic acids is 5. The van der Waals surface area contributed by atoms with E-state index in [1.54, 1.807) is 18.2 Å². The van der Waals surface area contributed by atoms with Gasteiger partial charge >= 0.3 is 6.09 Å². The third-order valence-electron chi connectivity index (χ3n) is 8.55. The molecule has 3 heterocycles. The zero-order valence-corrected chi connectivity index (χ0v) is 24.7. The maximum atomic E-state index is 13.3. The molecule has 1 aromatic rings. The van der Waals surface area contributed by atoms with Crippen molar-refractivity contribution in [2.45, 2.75) is 83.0 Å². The molecule has 228 valence electrons. The number of piperidine rings is 1. The van der Waals surface area contributed by atoms with Gasteiger partial charge < -0.3 is 15.4 Å². The van der Waals surface area contributed by atoms with E-state index in [0.717, 1.165) is 63.3 Å². The topological polar surface area (TPSA) is 140 Å². The number of anilines is 1. The van der Waals surface area contributed by atoms with Crippen LogP contribution in [0.4, 0.5) is 10.5 Å². The third kappa shape index (κ3) is 6.75. The highest BCUT2D eigenvalue weighted by atomic mass is 16.6. The Kier molecular flexibility index (Phi) is 8.84. The van der Waals surface area contributed by atoms with Gasteiger partial charge in [0.15, 0.2) is 0 Å². The summed E-state index contributed by atoms with van der Waals surface area (Å²) in [5, 5.41) is 8.59. The fraction of sp³-hybridized carbons (Fsp3) is 0.633. The van der Waals surface area contributed by atoms with Crippen LogP contribution in [0.3, 0.4) is 0 Å². The first-order valence-electron chi connectivity index (χ1n) is 15.0. The fourth-order valence-electron chi connectivity index (χ4n) is 6.42. The standard InChI is InChI=1S/C30H42N6O6/c1-30(2,3)42-29(41)32-19-7-9-20(10-8-19)35-17-15-34(16-18-35)14-13-31-22-6-4-5-21-25(22)28(40)36(27(21)39)23-11-12-24(37)33-26(23)38/h4-6,19-20,23,31H,7-18H2,1-3H3,(H,32,41)(H,33,37,38). The molecule has 12 nitrogen and oxygen atoms in total. The first-order valence-corrected chi connectivity index (χ1v) is 15.0. The normalized spacial score (nSPS) is 25.7. The zero-order valence-electron chi connectivity index (χ0n) is 24.7. The lowest BCUT2D eigenvalue weighted by molar-refractivity contribution is -0.136. The average molecular weight is 583 g/mol. The molecule has 1 atom stereocenters. The quantitative estimate of drug-likeness (QED) is 0.412. The van der Waals surface area contributed by atoms with Crippen molar-refractivity contribution in [2.24, 2.45) is 0 Å². The van der Waals surface area contributed by atoms with Crippen LogP contribution < -0.4 is 16.0 Å². The van der Waals surface area contributed by atoms with Crippen LogP contribution in [0, 0.1) is 0 Å². The number of carbonyl (C=O) groups is 5. The minimum absolute atomic E-state index is 0.0920. The summed E-state index contributed by atoms with van der Waals surface area (Å²) in [6, 6.07) is 4.84. The molecule has 3 fully saturated rings.